The molecule has 1 aliphatic carbocycles. The number of ether oxygens (including phenoxy) is 1. The molecule has 45 heavy (non-hydrogen) atoms. The number of alkyl halides is 1. The van der Waals surface area contributed by atoms with Gasteiger partial charge in [-0.15, -0.1) is 0 Å². The van der Waals surface area contributed by atoms with Crippen molar-refractivity contribution in [2.24, 2.45) is 0 Å². The molecule has 12 heteroatoms. The highest BCUT2D eigenvalue weighted by molar-refractivity contribution is 6.31. The van der Waals surface area contributed by atoms with Crippen LogP contribution in [0.3, 0.4) is 0 Å². The van der Waals surface area contributed by atoms with Crippen molar-refractivity contribution in [3.05, 3.63) is 58.0 Å². The SMILES string of the molecule is C=C(F)C(=O)N1CCN(c2nc(OC[C@@]34CCCN3C[C@H](F)C4)nc3c2CN(C)C2(CCc4cccc(Cl)c42)C3)C[C@@H]1CC#N. The fourth-order valence-corrected chi connectivity index (χ4v) is 9.02. The second-order valence-electron chi connectivity index (χ2n) is 13.3. The normalized spacial score (nSPS) is 29.4. The third-order valence-electron chi connectivity index (χ3n) is 10.8. The van der Waals surface area contributed by atoms with E-state index in [0.717, 1.165) is 54.1 Å². The van der Waals surface area contributed by atoms with Gasteiger partial charge in [0, 0.05) is 56.2 Å². The summed E-state index contributed by atoms with van der Waals surface area (Å²) in [7, 11) is 2.11. The van der Waals surface area contributed by atoms with Crippen LogP contribution in [0.15, 0.2) is 30.6 Å². The number of aryl methyl sites for hydroxylation is 1. The van der Waals surface area contributed by atoms with Gasteiger partial charge in [0.05, 0.1) is 35.3 Å². The number of anilines is 1. The Morgan fingerprint density at radius 1 is 1.24 bits per heavy atom. The van der Waals surface area contributed by atoms with Crippen molar-refractivity contribution in [2.75, 3.05) is 51.3 Å². The summed E-state index contributed by atoms with van der Waals surface area (Å²) in [5.41, 5.74) is 3.57. The van der Waals surface area contributed by atoms with Gasteiger partial charge in [-0.25, -0.2) is 8.78 Å². The zero-order valence-corrected chi connectivity index (χ0v) is 26.3. The van der Waals surface area contributed by atoms with Crippen LogP contribution in [0.4, 0.5) is 14.6 Å². The molecule has 1 amide bonds. The summed E-state index contributed by atoms with van der Waals surface area (Å²) in [6, 6.07) is 7.97. The first kappa shape index (κ1) is 30.3. The zero-order valence-electron chi connectivity index (χ0n) is 25.6. The Balaban J connectivity index is 1.26. The molecule has 0 N–H and O–H groups in total. The van der Waals surface area contributed by atoms with Crippen LogP contribution >= 0.6 is 11.6 Å². The van der Waals surface area contributed by atoms with Gasteiger partial charge in [0.2, 0.25) is 0 Å². The lowest BCUT2D eigenvalue weighted by Crippen LogP contribution is -2.56. The van der Waals surface area contributed by atoms with E-state index in [9.17, 15) is 18.8 Å². The molecule has 0 saturated carbocycles. The van der Waals surface area contributed by atoms with Gasteiger partial charge in [-0.05, 0) is 56.5 Å². The quantitative estimate of drug-likeness (QED) is 0.433. The molecule has 2 aromatic rings. The van der Waals surface area contributed by atoms with Crippen LogP contribution in [0.25, 0.3) is 0 Å². The van der Waals surface area contributed by atoms with Gasteiger partial charge in [-0.1, -0.05) is 30.3 Å². The number of nitriles is 1. The molecule has 238 valence electrons. The van der Waals surface area contributed by atoms with Gasteiger partial charge in [-0.2, -0.15) is 15.2 Å². The van der Waals surface area contributed by atoms with Crippen LogP contribution in [0.1, 0.15) is 54.5 Å². The molecule has 0 radical (unpaired) electrons. The van der Waals surface area contributed by atoms with E-state index in [-0.39, 0.29) is 30.1 Å². The Kier molecular flexibility index (Phi) is 7.74. The lowest BCUT2D eigenvalue weighted by molar-refractivity contribution is -0.131. The Bertz CT molecular complexity index is 1580. The van der Waals surface area contributed by atoms with Gasteiger partial charge in [0.25, 0.3) is 5.91 Å². The van der Waals surface area contributed by atoms with E-state index >= 15 is 0 Å². The topological polar surface area (TPSA) is 88.8 Å². The van der Waals surface area contributed by atoms with E-state index in [1.165, 1.54) is 10.5 Å². The van der Waals surface area contributed by atoms with Crippen LogP contribution in [0.2, 0.25) is 5.02 Å². The van der Waals surface area contributed by atoms with Crippen LogP contribution in [0.5, 0.6) is 6.01 Å². The number of halogens is 3. The highest BCUT2D eigenvalue weighted by Crippen LogP contribution is 2.50. The largest absolute Gasteiger partial charge is 0.461 e. The maximum absolute atomic E-state index is 14.5. The molecule has 5 heterocycles. The van der Waals surface area contributed by atoms with E-state index in [1.54, 1.807) is 0 Å². The molecule has 4 aliphatic heterocycles. The van der Waals surface area contributed by atoms with Crippen molar-refractivity contribution >= 4 is 23.3 Å². The zero-order chi connectivity index (χ0) is 31.5. The Labute approximate surface area is 267 Å². The number of nitrogens with zero attached hydrogens (tertiary/aromatic N) is 7. The molecule has 1 aromatic heterocycles. The summed E-state index contributed by atoms with van der Waals surface area (Å²) < 4.78 is 34.8. The number of hydrogen-bond donors (Lipinski definition) is 0. The van der Waals surface area contributed by atoms with Gasteiger partial charge in [0.1, 0.15) is 18.6 Å². The van der Waals surface area contributed by atoms with Crippen LogP contribution in [0, 0.1) is 11.3 Å². The number of rotatable bonds is 6. The smallest absolute Gasteiger partial charge is 0.318 e. The summed E-state index contributed by atoms with van der Waals surface area (Å²) in [5.74, 6) is -1.13. The number of likely N-dealkylation sites (N-methyl/N-ethyl adjacent to an activating group) is 1. The van der Waals surface area contributed by atoms with E-state index in [0.29, 0.717) is 51.4 Å². The highest BCUT2D eigenvalue weighted by atomic mass is 35.5. The molecule has 1 spiro atoms. The molecule has 9 nitrogen and oxygen atoms in total. The lowest BCUT2D eigenvalue weighted by atomic mass is 9.81. The third-order valence-corrected chi connectivity index (χ3v) is 11.2. The fraction of sp³-hybridized carbons (Fsp3) is 0.576. The number of fused-ring (bicyclic) bond motifs is 4. The van der Waals surface area contributed by atoms with Crippen molar-refractivity contribution < 1.29 is 18.3 Å². The maximum atomic E-state index is 14.5. The number of aromatic nitrogens is 2. The van der Waals surface area contributed by atoms with E-state index in [4.69, 9.17) is 26.3 Å². The molecule has 4 atom stereocenters. The second kappa shape index (κ2) is 11.5. The summed E-state index contributed by atoms with van der Waals surface area (Å²) >= 11 is 6.84. The monoisotopic (exact) mass is 637 g/mol. The summed E-state index contributed by atoms with van der Waals surface area (Å²) in [5, 5.41) is 10.3. The maximum Gasteiger partial charge on any atom is 0.318 e. The average molecular weight is 638 g/mol. The minimum absolute atomic E-state index is 0.0488. The fourth-order valence-electron chi connectivity index (χ4n) is 8.65. The molecular weight excluding hydrogens is 600 g/mol. The van der Waals surface area contributed by atoms with Gasteiger partial charge < -0.3 is 14.5 Å². The lowest BCUT2D eigenvalue weighted by Gasteiger charge is -2.46. The first-order valence-electron chi connectivity index (χ1n) is 15.8. The predicted molar refractivity (Wildman–Crippen MR) is 165 cm³/mol. The summed E-state index contributed by atoms with van der Waals surface area (Å²) in [6.45, 7) is 6.29. The third kappa shape index (κ3) is 5.06. The van der Waals surface area contributed by atoms with Crippen molar-refractivity contribution in [2.45, 2.75) is 74.8 Å². The summed E-state index contributed by atoms with van der Waals surface area (Å²) in [4.78, 5) is 30.6. The number of carbonyl (C=O) groups excluding carboxylic acids is 1. The predicted octanol–water partition coefficient (Wildman–Crippen LogP) is 4.33. The molecule has 3 fully saturated rings. The number of piperazine rings is 1. The van der Waals surface area contributed by atoms with E-state index < -0.39 is 23.9 Å². The van der Waals surface area contributed by atoms with Gasteiger partial charge >= 0.3 is 6.01 Å². The van der Waals surface area contributed by atoms with Crippen molar-refractivity contribution in [1.82, 2.24) is 24.7 Å². The van der Waals surface area contributed by atoms with Gasteiger partial charge in [0.15, 0.2) is 5.83 Å². The van der Waals surface area contributed by atoms with Crippen LogP contribution in [-0.2, 0) is 29.7 Å². The minimum Gasteiger partial charge on any atom is -0.461 e. The van der Waals surface area contributed by atoms with E-state index in [2.05, 4.69) is 40.5 Å². The number of hydrogen-bond acceptors (Lipinski definition) is 8. The van der Waals surface area contributed by atoms with Crippen molar-refractivity contribution in [1.29, 1.82) is 5.26 Å². The molecular formula is C33H38ClF2N7O2. The van der Waals surface area contributed by atoms with Crippen molar-refractivity contribution in [3.8, 4) is 12.1 Å². The first-order chi connectivity index (χ1) is 21.6. The molecule has 0 bridgehead atoms. The van der Waals surface area contributed by atoms with Gasteiger partial charge in [-0.3, -0.25) is 14.6 Å². The van der Waals surface area contributed by atoms with Crippen molar-refractivity contribution in [3.63, 3.8) is 0 Å². The van der Waals surface area contributed by atoms with Crippen LogP contribution < -0.4 is 9.64 Å². The Hall–Kier alpha value is -3.33. The number of benzene rings is 1. The molecule has 1 unspecified atom stereocenters. The Morgan fingerprint density at radius 2 is 2.09 bits per heavy atom. The molecule has 3 saturated heterocycles. The minimum atomic E-state index is -1.04. The molecule has 7 rings (SSSR count). The highest BCUT2D eigenvalue weighted by Gasteiger charge is 2.50. The second-order valence-corrected chi connectivity index (χ2v) is 13.7. The first-order valence-corrected chi connectivity index (χ1v) is 16.2. The standard InChI is InChI=1S/C33H38ClF2N7O2/c1-21(35)30(44)43-14-13-41(18-24(43)8-11-37)29-25-19-40(2)33(10-7-22-5-3-6-26(34)28(22)33)16-27(25)38-31(39-29)45-20-32-9-4-12-42(32)17-23(36)15-32/h3,5-6,23-24H,1,4,7-10,12-20H2,2H3/t23-,24+,32+,33?/m1/s1. The Morgan fingerprint density at radius 3 is 2.89 bits per heavy atom. The molecule has 5 aliphatic rings. The van der Waals surface area contributed by atoms with Crippen LogP contribution in [-0.4, -0.2) is 94.7 Å². The number of amides is 1. The summed E-state index contributed by atoms with van der Waals surface area (Å²) in [6.07, 6.45) is 3.96. The molecule has 1 aromatic carbocycles. The average Bonchev–Trinajstić information content (AvgIpc) is 3.67. The van der Waals surface area contributed by atoms with E-state index in [1.807, 2.05) is 12.1 Å². The number of carbonyl (C=O) groups is 1.